The zero-order valence-electron chi connectivity index (χ0n) is 9.97. The van der Waals surface area contributed by atoms with Crippen LogP contribution in [0.2, 0.25) is 0 Å². The molecule has 0 aromatic heterocycles. The first-order valence-electron chi connectivity index (χ1n) is 4.83. The third-order valence-corrected chi connectivity index (χ3v) is 3.05. The molecule has 0 aromatic carbocycles. The number of nitrogens with two attached hydrogens (primary N) is 1. The number of carboxylic acid groups (broad SMARTS) is 1. The second kappa shape index (κ2) is 5.46. The van der Waals surface area contributed by atoms with E-state index in [0.717, 1.165) is 0 Å². The lowest BCUT2D eigenvalue weighted by molar-refractivity contribution is -0.151. The molecule has 0 rings (SSSR count). The zero-order chi connectivity index (χ0) is 13.9. The highest BCUT2D eigenvalue weighted by atomic mass is 32.2. The van der Waals surface area contributed by atoms with E-state index in [2.05, 4.69) is 0 Å². The fraction of sp³-hybridized carbons (Fsp3) is 0.778. The first-order chi connectivity index (χ1) is 7.43. The topological polar surface area (TPSA) is 124 Å². The van der Waals surface area contributed by atoms with Gasteiger partial charge in [0.25, 0.3) is 0 Å². The fourth-order valence-corrected chi connectivity index (χ4v) is 2.18. The van der Waals surface area contributed by atoms with Crippen LogP contribution in [0.15, 0.2) is 0 Å². The maximum atomic E-state index is 11.4. The molecule has 0 bridgehead atoms. The van der Waals surface area contributed by atoms with E-state index < -0.39 is 44.9 Å². The van der Waals surface area contributed by atoms with Crippen molar-refractivity contribution in [1.29, 1.82) is 0 Å². The van der Waals surface area contributed by atoms with E-state index in [9.17, 15) is 18.0 Å². The first-order valence-corrected chi connectivity index (χ1v) is 6.66. The van der Waals surface area contributed by atoms with Crippen molar-refractivity contribution in [2.45, 2.75) is 32.4 Å². The van der Waals surface area contributed by atoms with Crippen molar-refractivity contribution in [1.82, 2.24) is 0 Å². The third-order valence-electron chi connectivity index (χ3n) is 1.51. The van der Waals surface area contributed by atoms with Crippen molar-refractivity contribution >= 4 is 21.8 Å². The molecule has 7 nitrogen and oxygen atoms in total. The molecule has 0 radical (unpaired) electrons. The smallest absolute Gasteiger partial charge is 0.321 e. The Hall–Kier alpha value is -1.15. The number of carbonyl (C=O) groups is 2. The predicted octanol–water partition coefficient (Wildman–Crippen LogP) is -0.845. The Labute approximate surface area is 99.9 Å². The van der Waals surface area contributed by atoms with Crippen molar-refractivity contribution in [3.8, 4) is 0 Å². The quantitative estimate of drug-likeness (QED) is 0.622. The number of ether oxygens (including phenoxy) is 1. The van der Waals surface area contributed by atoms with Crippen molar-refractivity contribution in [2.24, 2.45) is 5.73 Å². The number of carbonyl (C=O) groups excluding carboxylic acids is 1. The van der Waals surface area contributed by atoms with Gasteiger partial charge in [0.1, 0.15) is 17.4 Å². The van der Waals surface area contributed by atoms with Crippen molar-refractivity contribution in [3.05, 3.63) is 0 Å². The van der Waals surface area contributed by atoms with E-state index in [4.69, 9.17) is 15.6 Å². The molecule has 0 heterocycles. The molecule has 1 unspecified atom stereocenters. The Morgan fingerprint density at radius 1 is 1.35 bits per heavy atom. The largest absolute Gasteiger partial charge is 0.480 e. The summed E-state index contributed by atoms with van der Waals surface area (Å²) in [6.45, 7) is 4.79. The van der Waals surface area contributed by atoms with E-state index in [1.54, 1.807) is 20.8 Å². The number of hydrogen-bond donors (Lipinski definition) is 2. The van der Waals surface area contributed by atoms with Gasteiger partial charge in [-0.2, -0.15) is 0 Å². The number of hydrogen-bond acceptors (Lipinski definition) is 6. The third kappa shape index (κ3) is 7.70. The molecule has 1 atom stereocenters. The van der Waals surface area contributed by atoms with Crippen LogP contribution in [0.1, 0.15) is 20.8 Å². The molecule has 100 valence electrons. The van der Waals surface area contributed by atoms with Gasteiger partial charge in [0.05, 0.1) is 5.75 Å². The molecule has 3 N–H and O–H groups in total. The molecule has 0 amide bonds. The van der Waals surface area contributed by atoms with Gasteiger partial charge in [0.2, 0.25) is 0 Å². The Balaban J connectivity index is 4.47. The summed E-state index contributed by atoms with van der Waals surface area (Å²) in [6.07, 6.45) is 0. The Morgan fingerprint density at radius 3 is 2.18 bits per heavy atom. The number of carboxylic acids is 1. The van der Waals surface area contributed by atoms with Crippen LogP contribution in [-0.4, -0.2) is 48.6 Å². The van der Waals surface area contributed by atoms with Crippen LogP contribution in [-0.2, 0) is 24.2 Å². The summed E-state index contributed by atoms with van der Waals surface area (Å²) in [5.41, 5.74) is 4.28. The summed E-state index contributed by atoms with van der Waals surface area (Å²) in [7, 11) is -3.88. The highest BCUT2D eigenvalue weighted by Gasteiger charge is 2.26. The minimum Gasteiger partial charge on any atom is -0.480 e. The number of rotatable bonds is 5. The predicted molar refractivity (Wildman–Crippen MR) is 60.1 cm³/mol. The van der Waals surface area contributed by atoms with Gasteiger partial charge < -0.3 is 15.6 Å². The van der Waals surface area contributed by atoms with Gasteiger partial charge in [-0.15, -0.1) is 0 Å². The minimum atomic E-state index is -3.88. The Morgan fingerprint density at radius 2 is 1.82 bits per heavy atom. The standard InChI is InChI=1S/C9H17NO6S/c1-9(2,3)16-7(11)5-17(14,15)4-6(10)8(12)13/h6H,4-5,10H2,1-3H3,(H,12,13). The molecule has 0 saturated carbocycles. The van der Waals surface area contributed by atoms with Crippen molar-refractivity contribution in [2.75, 3.05) is 11.5 Å². The van der Waals surface area contributed by atoms with Gasteiger partial charge in [-0.3, -0.25) is 9.59 Å². The molecule has 0 aromatic rings. The molecule has 0 aliphatic rings. The molecule has 8 heteroatoms. The summed E-state index contributed by atoms with van der Waals surface area (Å²) >= 11 is 0. The van der Waals surface area contributed by atoms with Gasteiger partial charge in [-0.1, -0.05) is 0 Å². The molecule has 17 heavy (non-hydrogen) atoms. The van der Waals surface area contributed by atoms with Gasteiger partial charge >= 0.3 is 11.9 Å². The van der Waals surface area contributed by atoms with Crippen LogP contribution in [0.4, 0.5) is 0 Å². The second-order valence-electron chi connectivity index (χ2n) is 4.59. The van der Waals surface area contributed by atoms with Gasteiger partial charge in [0.15, 0.2) is 9.84 Å². The molecule has 0 aliphatic carbocycles. The Bertz CT molecular complexity index is 394. The van der Waals surface area contributed by atoms with Crippen LogP contribution in [0.25, 0.3) is 0 Å². The fourth-order valence-electron chi connectivity index (χ4n) is 0.954. The molecular weight excluding hydrogens is 250 g/mol. The Kier molecular flexibility index (Phi) is 5.09. The van der Waals surface area contributed by atoms with E-state index in [0.29, 0.717) is 0 Å². The SMILES string of the molecule is CC(C)(C)OC(=O)CS(=O)(=O)CC(N)C(=O)O. The molecular formula is C9H17NO6S. The monoisotopic (exact) mass is 267 g/mol. The number of aliphatic carboxylic acids is 1. The maximum absolute atomic E-state index is 11.4. The molecule has 0 aliphatic heterocycles. The van der Waals surface area contributed by atoms with Crippen LogP contribution >= 0.6 is 0 Å². The van der Waals surface area contributed by atoms with Crippen molar-refractivity contribution < 1.29 is 27.9 Å². The first kappa shape index (κ1) is 15.9. The lowest BCUT2D eigenvalue weighted by Crippen LogP contribution is -2.39. The van der Waals surface area contributed by atoms with Gasteiger partial charge in [0, 0.05) is 0 Å². The van der Waals surface area contributed by atoms with E-state index in [1.807, 2.05) is 0 Å². The normalized spacial score (nSPS) is 14.1. The average molecular weight is 267 g/mol. The van der Waals surface area contributed by atoms with Crippen LogP contribution in [0.5, 0.6) is 0 Å². The van der Waals surface area contributed by atoms with E-state index in [-0.39, 0.29) is 0 Å². The average Bonchev–Trinajstić information content (AvgIpc) is 1.96. The van der Waals surface area contributed by atoms with Crippen LogP contribution in [0, 0.1) is 0 Å². The molecule has 0 spiro atoms. The maximum Gasteiger partial charge on any atom is 0.321 e. The van der Waals surface area contributed by atoms with Crippen molar-refractivity contribution in [3.63, 3.8) is 0 Å². The zero-order valence-corrected chi connectivity index (χ0v) is 10.8. The number of sulfone groups is 1. The summed E-state index contributed by atoms with van der Waals surface area (Å²) < 4.78 is 27.6. The summed E-state index contributed by atoms with van der Waals surface area (Å²) in [6, 6.07) is -1.54. The second-order valence-corrected chi connectivity index (χ2v) is 6.69. The van der Waals surface area contributed by atoms with Gasteiger partial charge in [-0.05, 0) is 20.8 Å². The lowest BCUT2D eigenvalue weighted by Gasteiger charge is -2.19. The number of esters is 1. The summed E-state index contributed by atoms with van der Waals surface area (Å²) in [5.74, 6) is -4.01. The van der Waals surface area contributed by atoms with Crippen LogP contribution in [0.3, 0.4) is 0 Å². The summed E-state index contributed by atoms with van der Waals surface area (Å²) in [4.78, 5) is 21.6. The highest BCUT2D eigenvalue weighted by molar-refractivity contribution is 7.92. The van der Waals surface area contributed by atoms with Gasteiger partial charge in [-0.25, -0.2) is 8.42 Å². The highest BCUT2D eigenvalue weighted by Crippen LogP contribution is 2.08. The van der Waals surface area contributed by atoms with E-state index in [1.165, 1.54) is 0 Å². The lowest BCUT2D eigenvalue weighted by atomic mass is 10.2. The van der Waals surface area contributed by atoms with E-state index >= 15 is 0 Å². The summed E-state index contributed by atoms with van der Waals surface area (Å²) in [5, 5.41) is 8.46. The minimum absolute atomic E-state index is 0.790. The molecule has 0 fully saturated rings. The van der Waals surface area contributed by atoms with Crippen LogP contribution < -0.4 is 5.73 Å². The molecule has 0 saturated heterocycles.